The minimum Gasteiger partial charge on any atom is -0.335 e. The monoisotopic (exact) mass is 389 g/mol. The molecule has 2 aromatic carbocycles. The quantitative estimate of drug-likeness (QED) is 0.702. The Balaban J connectivity index is 1.29. The zero-order chi connectivity index (χ0) is 20.1. The smallest absolute Gasteiger partial charge is 0.271 e. The molecule has 1 fully saturated rings. The Morgan fingerprint density at radius 1 is 0.931 bits per heavy atom. The van der Waals surface area contributed by atoms with Crippen LogP contribution in [0.15, 0.2) is 66.7 Å². The molecular weight excluding hydrogens is 366 g/mol. The van der Waals surface area contributed by atoms with E-state index in [1.807, 2.05) is 60.7 Å². The van der Waals surface area contributed by atoms with E-state index in [-0.39, 0.29) is 11.8 Å². The molecule has 0 saturated carbocycles. The highest BCUT2D eigenvalue weighted by Gasteiger charge is 2.24. The number of para-hydroxylation sites is 1. The molecule has 3 aromatic rings. The zero-order valence-corrected chi connectivity index (χ0v) is 16.0. The predicted molar refractivity (Wildman–Crippen MR) is 111 cm³/mol. The van der Waals surface area contributed by atoms with Gasteiger partial charge in [0.15, 0.2) is 0 Å². The van der Waals surface area contributed by atoms with E-state index < -0.39 is 0 Å². The number of nitrogens with zero attached hydrogens (tertiary/aromatic N) is 3. The van der Waals surface area contributed by atoms with Crippen LogP contribution in [0.4, 0.5) is 5.69 Å². The van der Waals surface area contributed by atoms with E-state index in [0.29, 0.717) is 38.4 Å². The molecule has 2 amide bonds. The topological polar surface area (TPSA) is 81.3 Å². The standard InChI is InChI=1S/C22H23N5O2/c28-21(23-18-9-5-2-6-10-18)16-26-11-13-27(14-12-26)22(29)20-15-19(24-25-20)17-7-3-1-4-8-17/h1-10,15H,11-14,16H2,(H,23,28)(H,24,25). The molecular formula is C22H23N5O2. The van der Waals surface area contributed by atoms with Gasteiger partial charge in [0, 0.05) is 37.4 Å². The summed E-state index contributed by atoms with van der Waals surface area (Å²) in [4.78, 5) is 28.8. The van der Waals surface area contributed by atoms with Crippen LogP contribution in [0.3, 0.4) is 0 Å². The lowest BCUT2D eigenvalue weighted by molar-refractivity contribution is -0.117. The summed E-state index contributed by atoms with van der Waals surface area (Å²) in [5.74, 6) is -0.106. The van der Waals surface area contributed by atoms with Crippen LogP contribution >= 0.6 is 0 Å². The van der Waals surface area contributed by atoms with Gasteiger partial charge in [-0.25, -0.2) is 0 Å². The number of amides is 2. The maximum atomic E-state index is 12.8. The maximum Gasteiger partial charge on any atom is 0.271 e. The molecule has 0 aliphatic carbocycles. The van der Waals surface area contributed by atoms with Gasteiger partial charge >= 0.3 is 0 Å². The number of hydrogen-bond donors (Lipinski definition) is 2. The molecule has 0 spiro atoms. The number of aromatic amines is 1. The molecule has 1 aliphatic rings. The Kier molecular flexibility index (Phi) is 5.67. The molecule has 1 aromatic heterocycles. The van der Waals surface area contributed by atoms with E-state index in [1.165, 1.54) is 0 Å². The van der Waals surface area contributed by atoms with Gasteiger partial charge in [0.2, 0.25) is 5.91 Å². The van der Waals surface area contributed by atoms with Gasteiger partial charge in [0.05, 0.1) is 12.2 Å². The van der Waals surface area contributed by atoms with Crippen LogP contribution < -0.4 is 5.32 Å². The average Bonchev–Trinajstić information content (AvgIpc) is 3.25. The molecule has 1 saturated heterocycles. The van der Waals surface area contributed by atoms with E-state index >= 15 is 0 Å². The Labute approximate surface area is 169 Å². The molecule has 7 heteroatoms. The van der Waals surface area contributed by atoms with Crippen LogP contribution in [0.2, 0.25) is 0 Å². The minimum absolute atomic E-state index is 0.0444. The van der Waals surface area contributed by atoms with Gasteiger partial charge in [0.25, 0.3) is 5.91 Å². The number of anilines is 1. The second kappa shape index (κ2) is 8.70. The Hall–Kier alpha value is -3.45. The van der Waals surface area contributed by atoms with Crippen LogP contribution in [-0.2, 0) is 4.79 Å². The zero-order valence-electron chi connectivity index (χ0n) is 16.0. The third-order valence-electron chi connectivity index (χ3n) is 4.96. The molecule has 148 valence electrons. The molecule has 0 unspecified atom stereocenters. The van der Waals surface area contributed by atoms with E-state index in [2.05, 4.69) is 20.4 Å². The van der Waals surface area contributed by atoms with Gasteiger partial charge in [-0.05, 0) is 18.2 Å². The molecule has 4 rings (SSSR count). The third kappa shape index (κ3) is 4.70. The van der Waals surface area contributed by atoms with Crippen LogP contribution in [0, 0.1) is 0 Å². The lowest BCUT2D eigenvalue weighted by atomic mass is 10.1. The van der Waals surface area contributed by atoms with Crippen molar-refractivity contribution in [2.75, 3.05) is 38.0 Å². The van der Waals surface area contributed by atoms with E-state index in [0.717, 1.165) is 16.9 Å². The highest BCUT2D eigenvalue weighted by atomic mass is 16.2. The molecule has 0 atom stereocenters. The van der Waals surface area contributed by atoms with Crippen LogP contribution in [-0.4, -0.2) is 64.5 Å². The van der Waals surface area contributed by atoms with Crippen molar-refractivity contribution in [3.63, 3.8) is 0 Å². The SMILES string of the molecule is O=C(CN1CCN(C(=O)c2cc(-c3ccccc3)n[nH]2)CC1)Nc1ccccc1. The number of piperazine rings is 1. The van der Waals surface area contributed by atoms with Crippen molar-refractivity contribution in [2.24, 2.45) is 0 Å². The molecule has 2 N–H and O–H groups in total. The molecule has 7 nitrogen and oxygen atoms in total. The third-order valence-corrected chi connectivity index (χ3v) is 4.96. The summed E-state index contributed by atoms with van der Waals surface area (Å²) in [5.41, 5.74) is 3.00. The Bertz CT molecular complexity index is 963. The van der Waals surface area contributed by atoms with Crippen molar-refractivity contribution in [2.45, 2.75) is 0 Å². The Morgan fingerprint density at radius 3 is 2.28 bits per heavy atom. The fourth-order valence-corrected chi connectivity index (χ4v) is 3.39. The summed E-state index contributed by atoms with van der Waals surface area (Å²) >= 11 is 0. The second-order valence-electron chi connectivity index (χ2n) is 7.02. The summed E-state index contributed by atoms with van der Waals surface area (Å²) in [5, 5.41) is 10.0. The molecule has 29 heavy (non-hydrogen) atoms. The highest BCUT2D eigenvalue weighted by Crippen LogP contribution is 2.18. The number of carbonyl (C=O) groups is 2. The number of H-pyrrole nitrogens is 1. The van der Waals surface area contributed by atoms with Crippen molar-refractivity contribution in [1.29, 1.82) is 0 Å². The summed E-state index contributed by atoms with van der Waals surface area (Å²) in [6.45, 7) is 2.80. The average molecular weight is 389 g/mol. The van der Waals surface area contributed by atoms with Gasteiger partial charge in [-0.15, -0.1) is 0 Å². The number of nitrogens with one attached hydrogen (secondary N) is 2. The normalized spacial score (nSPS) is 14.6. The molecule has 2 heterocycles. The first-order chi connectivity index (χ1) is 14.2. The van der Waals surface area contributed by atoms with E-state index in [1.54, 1.807) is 11.0 Å². The van der Waals surface area contributed by atoms with E-state index in [4.69, 9.17) is 0 Å². The second-order valence-corrected chi connectivity index (χ2v) is 7.02. The van der Waals surface area contributed by atoms with Crippen molar-refractivity contribution in [3.8, 4) is 11.3 Å². The first-order valence-electron chi connectivity index (χ1n) is 9.66. The fraction of sp³-hybridized carbons (Fsp3) is 0.227. The molecule has 0 radical (unpaired) electrons. The lowest BCUT2D eigenvalue weighted by Crippen LogP contribution is -2.50. The van der Waals surface area contributed by atoms with Gasteiger partial charge < -0.3 is 10.2 Å². The van der Waals surface area contributed by atoms with Crippen LogP contribution in [0.1, 0.15) is 10.5 Å². The van der Waals surface area contributed by atoms with Gasteiger partial charge in [0.1, 0.15) is 5.69 Å². The fourth-order valence-electron chi connectivity index (χ4n) is 3.39. The lowest BCUT2D eigenvalue weighted by Gasteiger charge is -2.34. The number of hydrogen-bond acceptors (Lipinski definition) is 4. The first-order valence-corrected chi connectivity index (χ1v) is 9.66. The molecule has 1 aliphatic heterocycles. The largest absolute Gasteiger partial charge is 0.335 e. The highest BCUT2D eigenvalue weighted by molar-refractivity contribution is 5.94. The van der Waals surface area contributed by atoms with Gasteiger partial charge in [-0.3, -0.25) is 19.6 Å². The minimum atomic E-state index is -0.0620. The van der Waals surface area contributed by atoms with Gasteiger partial charge in [-0.1, -0.05) is 48.5 Å². The number of aromatic nitrogens is 2. The predicted octanol–water partition coefficient (Wildman–Crippen LogP) is 2.47. The van der Waals surface area contributed by atoms with Crippen LogP contribution in [0.25, 0.3) is 11.3 Å². The van der Waals surface area contributed by atoms with Crippen LogP contribution in [0.5, 0.6) is 0 Å². The van der Waals surface area contributed by atoms with E-state index in [9.17, 15) is 9.59 Å². The number of benzene rings is 2. The maximum absolute atomic E-state index is 12.8. The molecule has 0 bridgehead atoms. The van der Waals surface area contributed by atoms with Crippen molar-refractivity contribution in [1.82, 2.24) is 20.0 Å². The van der Waals surface area contributed by atoms with Crippen molar-refractivity contribution < 1.29 is 9.59 Å². The summed E-state index contributed by atoms with van der Waals surface area (Å²) < 4.78 is 0. The van der Waals surface area contributed by atoms with Crippen molar-refractivity contribution in [3.05, 3.63) is 72.4 Å². The Morgan fingerprint density at radius 2 is 1.59 bits per heavy atom. The summed E-state index contributed by atoms with van der Waals surface area (Å²) in [7, 11) is 0. The number of rotatable bonds is 5. The van der Waals surface area contributed by atoms with Crippen molar-refractivity contribution >= 4 is 17.5 Å². The summed E-state index contributed by atoms with van der Waals surface area (Å²) in [6, 6.07) is 21.0. The van der Waals surface area contributed by atoms with Gasteiger partial charge in [-0.2, -0.15) is 5.10 Å². The first kappa shape index (κ1) is 18.9. The number of carbonyl (C=O) groups excluding carboxylic acids is 2. The summed E-state index contributed by atoms with van der Waals surface area (Å²) in [6.07, 6.45) is 0.